The number of likely N-dealkylation sites (tertiary alicyclic amines) is 1. The van der Waals surface area contributed by atoms with E-state index in [1.54, 1.807) is 18.4 Å². The Labute approximate surface area is 132 Å². The summed E-state index contributed by atoms with van der Waals surface area (Å²) in [7, 11) is 1.74. The fourth-order valence-electron chi connectivity index (χ4n) is 3.38. The lowest BCUT2D eigenvalue weighted by Crippen LogP contribution is -2.45. The third-order valence-corrected chi connectivity index (χ3v) is 5.43. The molecule has 1 aromatic rings. The van der Waals surface area contributed by atoms with Gasteiger partial charge >= 0.3 is 0 Å². The molecule has 1 aromatic heterocycles. The van der Waals surface area contributed by atoms with Crippen molar-refractivity contribution in [3.8, 4) is 0 Å². The molecule has 0 aliphatic carbocycles. The molecule has 4 nitrogen and oxygen atoms in total. The smallest absolute Gasteiger partial charge is 0.0900 e. The van der Waals surface area contributed by atoms with Gasteiger partial charge in [0, 0.05) is 43.7 Å². The lowest BCUT2D eigenvalue weighted by molar-refractivity contribution is 0.0154. The van der Waals surface area contributed by atoms with E-state index in [4.69, 9.17) is 4.74 Å². The highest BCUT2D eigenvalue weighted by atomic mass is 32.1. The maximum absolute atomic E-state index is 9.90. The van der Waals surface area contributed by atoms with E-state index >= 15 is 0 Å². The number of aliphatic hydroxyl groups excluding tert-OH is 1. The molecule has 1 aliphatic rings. The van der Waals surface area contributed by atoms with Crippen molar-refractivity contribution in [2.24, 2.45) is 5.41 Å². The van der Waals surface area contributed by atoms with Crippen LogP contribution in [0.3, 0.4) is 0 Å². The minimum Gasteiger partial charge on any atom is -0.396 e. The SMILES string of the molecule is COCCC[C@@]1(CO)CCCN(Cc2nc(C)sc2C)C1. The van der Waals surface area contributed by atoms with Crippen molar-refractivity contribution >= 4 is 11.3 Å². The molecule has 2 rings (SSSR count). The van der Waals surface area contributed by atoms with Gasteiger partial charge in [0.1, 0.15) is 0 Å². The largest absolute Gasteiger partial charge is 0.396 e. The molecule has 0 radical (unpaired) electrons. The summed E-state index contributed by atoms with van der Waals surface area (Å²) in [6.45, 7) is 8.30. The number of methoxy groups -OCH3 is 1. The molecule has 5 heteroatoms. The monoisotopic (exact) mass is 312 g/mol. The van der Waals surface area contributed by atoms with Crippen LogP contribution in [0.2, 0.25) is 0 Å². The fraction of sp³-hybridized carbons (Fsp3) is 0.812. The molecule has 0 aromatic carbocycles. The van der Waals surface area contributed by atoms with Crippen molar-refractivity contribution in [1.82, 2.24) is 9.88 Å². The van der Waals surface area contributed by atoms with E-state index in [1.807, 2.05) is 0 Å². The number of aryl methyl sites for hydroxylation is 2. The van der Waals surface area contributed by atoms with Crippen LogP contribution in [0.1, 0.15) is 41.3 Å². The second-order valence-electron chi connectivity index (χ2n) is 6.30. The number of aromatic nitrogens is 1. The van der Waals surface area contributed by atoms with Crippen molar-refractivity contribution in [1.29, 1.82) is 0 Å². The Kier molecular flexibility index (Phi) is 6.17. The van der Waals surface area contributed by atoms with Gasteiger partial charge in [0.05, 0.1) is 10.7 Å². The Morgan fingerprint density at radius 1 is 1.43 bits per heavy atom. The first-order chi connectivity index (χ1) is 10.1. The third-order valence-electron chi connectivity index (χ3n) is 4.50. The fourth-order valence-corrected chi connectivity index (χ4v) is 4.21. The van der Waals surface area contributed by atoms with Crippen molar-refractivity contribution in [3.05, 3.63) is 15.6 Å². The van der Waals surface area contributed by atoms with E-state index in [-0.39, 0.29) is 12.0 Å². The van der Waals surface area contributed by atoms with Crippen LogP contribution in [-0.2, 0) is 11.3 Å². The average Bonchev–Trinajstić information content (AvgIpc) is 2.77. The lowest BCUT2D eigenvalue weighted by atomic mass is 9.77. The van der Waals surface area contributed by atoms with Crippen molar-refractivity contribution in [3.63, 3.8) is 0 Å². The lowest BCUT2D eigenvalue weighted by Gasteiger charge is -2.42. The highest BCUT2D eigenvalue weighted by molar-refractivity contribution is 7.11. The third kappa shape index (κ3) is 4.49. The average molecular weight is 312 g/mol. The molecule has 1 aliphatic heterocycles. The molecule has 0 amide bonds. The van der Waals surface area contributed by atoms with Gasteiger partial charge in [0.15, 0.2) is 0 Å². The number of ether oxygens (including phenoxy) is 1. The summed E-state index contributed by atoms with van der Waals surface area (Å²) in [5.74, 6) is 0. The summed E-state index contributed by atoms with van der Waals surface area (Å²) in [5, 5.41) is 11.0. The summed E-state index contributed by atoms with van der Waals surface area (Å²) in [5.41, 5.74) is 1.26. The zero-order valence-corrected chi connectivity index (χ0v) is 14.3. The molecule has 0 bridgehead atoms. The van der Waals surface area contributed by atoms with Gasteiger partial charge in [-0.15, -0.1) is 11.3 Å². The standard InChI is InChI=1S/C16H28N2O2S/c1-13-15(17-14(2)21-13)10-18-8-4-6-16(11-18,12-19)7-5-9-20-3/h19H,4-12H2,1-3H3/t16-/m0/s1. The quantitative estimate of drug-likeness (QED) is 0.786. The summed E-state index contributed by atoms with van der Waals surface area (Å²) >= 11 is 1.78. The van der Waals surface area contributed by atoms with Gasteiger partial charge in [-0.2, -0.15) is 0 Å². The van der Waals surface area contributed by atoms with Crippen LogP contribution in [0.25, 0.3) is 0 Å². The van der Waals surface area contributed by atoms with E-state index in [1.165, 1.54) is 10.6 Å². The van der Waals surface area contributed by atoms with Crippen LogP contribution < -0.4 is 0 Å². The zero-order chi connectivity index (χ0) is 15.3. The second-order valence-corrected chi connectivity index (χ2v) is 7.71. The molecular formula is C16H28N2O2S. The summed E-state index contributed by atoms with van der Waals surface area (Å²) in [6, 6.07) is 0. The van der Waals surface area contributed by atoms with Crippen LogP contribution in [0.4, 0.5) is 0 Å². The highest BCUT2D eigenvalue weighted by Gasteiger charge is 2.34. The molecule has 1 fully saturated rings. The Morgan fingerprint density at radius 2 is 2.24 bits per heavy atom. The van der Waals surface area contributed by atoms with Gasteiger partial charge in [0.25, 0.3) is 0 Å². The molecular weight excluding hydrogens is 284 g/mol. The highest BCUT2D eigenvalue weighted by Crippen LogP contribution is 2.35. The number of hydrogen-bond acceptors (Lipinski definition) is 5. The van der Waals surface area contributed by atoms with E-state index in [9.17, 15) is 5.11 Å². The number of piperidine rings is 1. The molecule has 21 heavy (non-hydrogen) atoms. The molecule has 1 N–H and O–H groups in total. The van der Waals surface area contributed by atoms with Gasteiger partial charge in [-0.05, 0) is 46.1 Å². The van der Waals surface area contributed by atoms with Crippen molar-refractivity contribution in [2.75, 3.05) is 33.4 Å². The molecule has 1 atom stereocenters. The number of rotatable bonds is 7. The van der Waals surface area contributed by atoms with E-state index in [2.05, 4.69) is 23.7 Å². The van der Waals surface area contributed by atoms with Gasteiger partial charge in [-0.1, -0.05) is 0 Å². The normalized spacial score (nSPS) is 23.6. The molecule has 2 heterocycles. The molecule has 0 spiro atoms. The maximum atomic E-state index is 9.90. The van der Waals surface area contributed by atoms with Crippen molar-refractivity contribution < 1.29 is 9.84 Å². The first kappa shape index (κ1) is 16.9. The first-order valence-electron chi connectivity index (χ1n) is 7.84. The van der Waals surface area contributed by atoms with Crippen LogP contribution in [-0.4, -0.2) is 48.4 Å². The van der Waals surface area contributed by atoms with Gasteiger partial charge in [0.2, 0.25) is 0 Å². The number of nitrogens with zero attached hydrogens (tertiary/aromatic N) is 2. The van der Waals surface area contributed by atoms with Crippen molar-refractivity contribution in [2.45, 2.75) is 46.1 Å². The minimum atomic E-state index is 0.0513. The van der Waals surface area contributed by atoms with Crippen LogP contribution in [0.5, 0.6) is 0 Å². The van der Waals surface area contributed by atoms with E-state index in [0.717, 1.165) is 56.9 Å². The van der Waals surface area contributed by atoms with E-state index in [0.29, 0.717) is 0 Å². The molecule has 0 unspecified atom stereocenters. The predicted octanol–water partition coefficient (Wildman–Crippen LogP) is 2.76. The number of hydrogen-bond donors (Lipinski definition) is 1. The van der Waals surface area contributed by atoms with Crippen LogP contribution >= 0.6 is 11.3 Å². The number of aliphatic hydroxyl groups is 1. The number of thiazole rings is 1. The maximum Gasteiger partial charge on any atom is 0.0900 e. The Morgan fingerprint density at radius 3 is 2.86 bits per heavy atom. The van der Waals surface area contributed by atoms with E-state index < -0.39 is 0 Å². The Bertz CT molecular complexity index is 449. The Balaban J connectivity index is 1.96. The Hall–Kier alpha value is -0.490. The second kappa shape index (κ2) is 7.68. The predicted molar refractivity (Wildman–Crippen MR) is 86.7 cm³/mol. The molecule has 120 valence electrons. The zero-order valence-electron chi connectivity index (χ0n) is 13.5. The topological polar surface area (TPSA) is 45.6 Å². The van der Waals surface area contributed by atoms with Gasteiger partial charge in [-0.25, -0.2) is 4.98 Å². The molecule has 0 saturated carbocycles. The van der Waals surface area contributed by atoms with Crippen LogP contribution in [0.15, 0.2) is 0 Å². The first-order valence-corrected chi connectivity index (χ1v) is 8.65. The summed E-state index contributed by atoms with van der Waals surface area (Å²) in [6.07, 6.45) is 4.36. The van der Waals surface area contributed by atoms with Gasteiger partial charge in [-0.3, -0.25) is 4.90 Å². The minimum absolute atomic E-state index is 0.0513. The summed E-state index contributed by atoms with van der Waals surface area (Å²) < 4.78 is 5.16. The summed E-state index contributed by atoms with van der Waals surface area (Å²) in [4.78, 5) is 8.44. The van der Waals surface area contributed by atoms with Gasteiger partial charge < -0.3 is 9.84 Å². The molecule has 1 saturated heterocycles. The van der Waals surface area contributed by atoms with Crippen LogP contribution in [0, 0.1) is 19.3 Å².